The van der Waals surface area contributed by atoms with Crippen LogP contribution in [0.5, 0.6) is 0 Å². The molecule has 1 aromatic heterocycles. The fraction of sp³-hybridized carbons (Fsp3) is 0.733. The maximum Gasteiger partial charge on any atom is 0.225 e. The third-order valence-corrected chi connectivity index (χ3v) is 3.41. The van der Waals surface area contributed by atoms with Crippen LogP contribution in [0.3, 0.4) is 0 Å². The molecule has 0 atom stereocenters. The molecule has 19 heavy (non-hydrogen) atoms. The minimum Gasteiger partial charge on any atom is -0.341 e. The van der Waals surface area contributed by atoms with Crippen LogP contribution in [0.1, 0.15) is 39.2 Å². The van der Waals surface area contributed by atoms with Crippen LogP contribution in [0.15, 0.2) is 12.4 Å². The van der Waals surface area contributed by atoms with E-state index < -0.39 is 0 Å². The van der Waals surface area contributed by atoms with Gasteiger partial charge >= 0.3 is 0 Å². The predicted molar refractivity (Wildman–Crippen MR) is 79.2 cm³/mol. The molecule has 4 heteroatoms. The second-order valence-corrected chi connectivity index (χ2v) is 5.90. The minimum absolute atomic E-state index is 0.675. The van der Waals surface area contributed by atoms with Gasteiger partial charge in [0.1, 0.15) is 0 Å². The van der Waals surface area contributed by atoms with Crippen LogP contribution in [-0.4, -0.2) is 29.6 Å². The van der Waals surface area contributed by atoms with Crippen molar-refractivity contribution in [3.05, 3.63) is 18.0 Å². The molecule has 1 saturated carbocycles. The monoisotopic (exact) mass is 262 g/mol. The molecule has 106 valence electrons. The van der Waals surface area contributed by atoms with Crippen molar-refractivity contribution in [1.29, 1.82) is 0 Å². The Hall–Kier alpha value is -1.16. The van der Waals surface area contributed by atoms with Crippen molar-refractivity contribution in [1.82, 2.24) is 15.3 Å². The van der Waals surface area contributed by atoms with Gasteiger partial charge in [-0.15, -0.1) is 0 Å². The maximum absolute atomic E-state index is 4.50. The van der Waals surface area contributed by atoms with Gasteiger partial charge in [0.05, 0.1) is 0 Å². The molecule has 1 aliphatic carbocycles. The topological polar surface area (TPSA) is 41.1 Å². The van der Waals surface area contributed by atoms with E-state index in [1.54, 1.807) is 0 Å². The molecule has 0 saturated heterocycles. The molecule has 0 radical (unpaired) electrons. The summed E-state index contributed by atoms with van der Waals surface area (Å²) in [5.74, 6) is 2.42. The molecule has 1 aromatic rings. The van der Waals surface area contributed by atoms with Crippen molar-refractivity contribution in [2.75, 3.05) is 24.5 Å². The molecule has 4 nitrogen and oxygen atoms in total. The van der Waals surface area contributed by atoms with Crippen LogP contribution in [-0.2, 0) is 6.54 Å². The van der Waals surface area contributed by atoms with E-state index in [4.69, 9.17) is 0 Å². The highest BCUT2D eigenvalue weighted by molar-refractivity contribution is 5.30. The fourth-order valence-corrected chi connectivity index (χ4v) is 2.07. The average molecular weight is 262 g/mol. The lowest BCUT2D eigenvalue weighted by Gasteiger charge is -2.20. The number of rotatable bonds is 8. The van der Waals surface area contributed by atoms with Gasteiger partial charge in [0.15, 0.2) is 0 Å². The lowest BCUT2D eigenvalue weighted by molar-refractivity contribution is 0.551. The van der Waals surface area contributed by atoms with Gasteiger partial charge in [0.25, 0.3) is 0 Å². The number of hydrogen-bond donors (Lipinski definition) is 1. The SMILES string of the molecule is CCN(CC1CC1)c1ncc(CNCC(C)C)cn1. The van der Waals surface area contributed by atoms with E-state index in [2.05, 4.69) is 41.0 Å². The molecule has 0 amide bonds. The molecule has 2 rings (SSSR count). The van der Waals surface area contributed by atoms with Gasteiger partial charge in [-0.3, -0.25) is 0 Å². The van der Waals surface area contributed by atoms with Crippen molar-refractivity contribution in [3.63, 3.8) is 0 Å². The summed E-state index contributed by atoms with van der Waals surface area (Å²) in [6, 6.07) is 0. The molecule has 0 spiro atoms. The number of nitrogens with zero attached hydrogens (tertiary/aromatic N) is 3. The summed E-state index contributed by atoms with van der Waals surface area (Å²) in [5.41, 5.74) is 1.16. The third kappa shape index (κ3) is 4.78. The van der Waals surface area contributed by atoms with E-state index in [-0.39, 0.29) is 0 Å². The summed E-state index contributed by atoms with van der Waals surface area (Å²) in [6.45, 7) is 10.6. The largest absolute Gasteiger partial charge is 0.341 e. The Morgan fingerprint density at radius 2 is 2.00 bits per heavy atom. The van der Waals surface area contributed by atoms with Crippen molar-refractivity contribution >= 4 is 5.95 Å². The molecule has 0 bridgehead atoms. The van der Waals surface area contributed by atoms with Crippen molar-refractivity contribution in [2.24, 2.45) is 11.8 Å². The summed E-state index contributed by atoms with van der Waals surface area (Å²) in [5, 5.41) is 3.41. The first kappa shape index (κ1) is 14.3. The Morgan fingerprint density at radius 3 is 2.53 bits per heavy atom. The molecule has 0 unspecified atom stereocenters. The first-order valence-electron chi connectivity index (χ1n) is 7.45. The fourth-order valence-electron chi connectivity index (χ4n) is 2.07. The Balaban J connectivity index is 1.85. The van der Waals surface area contributed by atoms with Gasteiger partial charge in [0.2, 0.25) is 5.95 Å². The smallest absolute Gasteiger partial charge is 0.225 e. The number of aromatic nitrogens is 2. The Morgan fingerprint density at radius 1 is 1.32 bits per heavy atom. The molecule has 0 aliphatic heterocycles. The highest BCUT2D eigenvalue weighted by atomic mass is 15.2. The Kier molecular flexibility index (Phi) is 5.14. The number of nitrogens with one attached hydrogen (secondary N) is 1. The lowest BCUT2D eigenvalue weighted by Crippen LogP contribution is -2.27. The van der Waals surface area contributed by atoms with Gasteiger partial charge in [-0.2, -0.15) is 0 Å². The highest BCUT2D eigenvalue weighted by Crippen LogP contribution is 2.30. The van der Waals surface area contributed by atoms with Gasteiger partial charge in [0, 0.05) is 37.6 Å². The van der Waals surface area contributed by atoms with E-state index in [0.717, 1.165) is 43.6 Å². The summed E-state index contributed by atoms with van der Waals surface area (Å²) in [6.07, 6.45) is 6.64. The normalized spacial score (nSPS) is 14.9. The van der Waals surface area contributed by atoms with Gasteiger partial charge in [-0.1, -0.05) is 13.8 Å². The number of anilines is 1. The molecule has 1 N–H and O–H groups in total. The predicted octanol–water partition coefficient (Wildman–Crippen LogP) is 2.46. The van der Waals surface area contributed by atoms with Crippen LogP contribution >= 0.6 is 0 Å². The third-order valence-electron chi connectivity index (χ3n) is 3.41. The zero-order valence-corrected chi connectivity index (χ0v) is 12.4. The molecular formula is C15H26N4. The van der Waals surface area contributed by atoms with Crippen LogP contribution in [0.4, 0.5) is 5.95 Å². The summed E-state index contributed by atoms with van der Waals surface area (Å²) >= 11 is 0. The van der Waals surface area contributed by atoms with Crippen LogP contribution < -0.4 is 10.2 Å². The highest BCUT2D eigenvalue weighted by Gasteiger charge is 2.24. The molecular weight excluding hydrogens is 236 g/mol. The zero-order valence-electron chi connectivity index (χ0n) is 12.4. The minimum atomic E-state index is 0.675. The first-order valence-corrected chi connectivity index (χ1v) is 7.45. The van der Waals surface area contributed by atoms with Crippen LogP contribution in [0, 0.1) is 11.8 Å². The second kappa shape index (κ2) is 6.85. The molecule has 0 aromatic carbocycles. The first-order chi connectivity index (χ1) is 9.19. The standard InChI is InChI=1S/C15H26N4/c1-4-19(11-13-5-6-13)15-17-9-14(10-18-15)8-16-7-12(2)3/h9-10,12-13,16H,4-8,11H2,1-3H3. The summed E-state index contributed by atoms with van der Waals surface area (Å²) in [4.78, 5) is 11.3. The van der Waals surface area contributed by atoms with Gasteiger partial charge < -0.3 is 10.2 Å². The lowest BCUT2D eigenvalue weighted by atomic mass is 10.2. The van der Waals surface area contributed by atoms with E-state index >= 15 is 0 Å². The van der Waals surface area contributed by atoms with Crippen molar-refractivity contribution in [2.45, 2.75) is 40.2 Å². The second-order valence-electron chi connectivity index (χ2n) is 5.90. The Bertz CT molecular complexity index is 370. The van der Waals surface area contributed by atoms with Crippen molar-refractivity contribution in [3.8, 4) is 0 Å². The molecule has 1 fully saturated rings. The van der Waals surface area contributed by atoms with E-state index in [0.29, 0.717) is 5.92 Å². The molecule has 1 aliphatic rings. The van der Waals surface area contributed by atoms with E-state index in [9.17, 15) is 0 Å². The van der Waals surface area contributed by atoms with E-state index in [1.807, 2.05) is 12.4 Å². The van der Waals surface area contributed by atoms with Gasteiger partial charge in [-0.25, -0.2) is 9.97 Å². The van der Waals surface area contributed by atoms with Crippen LogP contribution in [0.2, 0.25) is 0 Å². The van der Waals surface area contributed by atoms with E-state index in [1.165, 1.54) is 12.8 Å². The van der Waals surface area contributed by atoms with Gasteiger partial charge in [-0.05, 0) is 38.1 Å². The Labute approximate surface area is 116 Å². The summed E-state index contributed by atoms with van der Waals surface area (Å²) in [7, 11) is 0. The summed E-state index contributed by atoms with van der Waals surface area (Å²) < 4.78 is 0. The quantitative estimate of drug-likeness (QED) is 0.781. The zero-order chi connectivity index (χ0) is 13.7. The number of hydrogen-bond acceptors (Lipinski definition) is 4. The van der Waals surface area contributed by atoms with Crippen LogP contribution in [0.25, 0.3) is 0 Å². The van der Waals surface area contributed by atoms with Crippen molar-refractivity contribution < 1.29 is 0 Å². The molecule has 1 heterocycles. The average Bonchev–Trinajstić information content (AvgIpc) is 3.20. The maximum atomic E-state index is 4.50.